The minimum absolute atomic E-state index is 0.500. The molecule has 2 heteroatoms. The number of hydrogen-bond donors (Lipinski definition) is 0. The number of anilines is 1. The van der Waals surface area contributed by atoms with Crippen LogP contribution in [0.2, 0.25) is 0 Å². The van der Waals surface area contributed by atoms with Gasteiger partial charge in [0, 0.05) is 24.3 Å². The standard InChI is InChI=1S/C13H16N2/c1-14-11-12-5-7-13(8-6-12)15-9-3-2-4-10-15/h5-8H,2-4,9-11H2. The molecule has 1 aromatic rings. The lowest BCUT2D eigenvalue weighted by atomic mass is 10.1. The van der Waals surface area contributed by atoms with E-state index in [-0.39, 0.29) is 0 Å². The Morgan fingerprint density at radius 2 is 1.73 bits per heavy atom. The SMILES string of the molecule is [C-]#[N+]Cc1ccc(N2CCCCC2)cc1. The highest BCUT2D eigenvalue weighted by Crippen LogP contribution is 2.20. The van der Waals surface area contributed by atoms with Crippen molar-refractivity contribution in [1.82, 2.24) is 0 Å². The van der Waals surface area contributed by atoms with E-state index < -0.39 is 0 Å². The van der Waals surface area contributed by atoms with Gasteiger partial charge >= 0.3 is 0 Å². The zero-order chi connectivity index (χ0) is 10.5. The van der Waals surface area contributed by atoms with E-state index >= 15 is 0 Å². The van der Waals surface area contributed by atoms with Crippen molar-refractivity contribution in [2.75, 3.05) is 18.0 Å². The number of nitrogens with zero attached hydrogens (tertiary/aromatic N) is 2. The lowest BCUT2D eigenvalue weighted by Gasteiger charge is -2.28. The monoisotopic (exact) mass is 200 g/mol. The molecule has 0 aromatic heterocycles. The summed E-state index contributed by atoms with van der Waals surface area (Å²) in [7, 11) is 0. The van der Waals surface area contributed by atoms with Crippen LogP contribution in [0.15, 0.2) is 24.3 Å². The molecule has 0 saturated carbocycles. The fourth-order valence-electron chi connectivity index (χ4n) is 2.06. The Balaban J connectivity index is 2.05. The Hall–Kier alpha value is -1.49. The third-order valence-corrected chi connectivity index (χ3v) is 2.92. The quantitative estimate of drug-likeness (QED) is 0.666. The van der Waals surface area contributed by atoms with Crippen LogP contribution in [0, 0.1) is 6.57 Å². The molecule has 2 nitrogen and oxygen atoms in total. The first-order valence-corrected chi connectivity index (χ1v) is 5.57. The van der Waals surface area contributed by atoms with Gasteiger partial charge in [-0.25, -0.2) is 6.57 Å². The smallest absolute Gasteiger partial charge is 0.239 e. The first-order chi connectivity index (χ1) is 7.40. The van der Waals surface area contributed by atoms with Gasteiger partial charge in [-0.05, 0) is 43.5 Å². The maximum absolute atomic E-state index is 6.80. The van der Waals surface area contributed by atoms with E-state index in [0.717, 1.165) is 5.56 Å². The summed E-state index contributed by atoms with van der Waals surface area (Å²) in [5.41, 5.74) is 2.43. The topological polar surface area (TPSA) is 7.60 Å². The largest absolute Gasteiger partial charge is 0.372 e. The second-order valence-corrected chi connectivity index (χ2v) is 4.03. The highest BCUT2D eigenvalue weighted by molar-refractivity contribution is 5.48. The van der Waals surface area contributed by atoms with Crippen molar-refractivity contribution in [1.29, 1.82) is 0 Å². The normalized spacial score (nSPS) is 16.1. The molecule has 0 spiro atoms. The van der Waals surface area contributed by atoms with Gasteiger partial charge in [-0.1, -0.05) is 0 Å². The first-order valence-electron chi connectivity index (χ1n) is 5.57. The fourth-order valence-corrected chi connectivity index (χ4v) is 2.06. The number of hydrogen-bond acceptors (Lipinski definition) is 1. The van der Waals surface area contributed by atoms with Gasteiger partial charge in [0.15, 0.2) is 0 Å². The Bertz CT molecular complexity index is 342. The van der Waals surface area contributed by atoms with Crippen molar-refractivity contribution in [2.24, 2.45) is 0 Å². The predicted octanol–water partition coefficient (Wildman–Crippen LogP) is 3.10. The summed E-state index contributed by atoms with van der Waals surface area (Å²) in [5.74, 6) is 0. The van der Waals surface area contributed by atoms with Gasteiger partial charge in [-0.2, -0.15) is 0 Å². The average molecular weight is 200 g/mol. The van der Waals surface area contributed by atoms with Crippen LogP contribution in [-0.2, 0) is 6.54 Å². The van der Waals surface area contributed by atoms with Crippen molar-refractivity contribution >= 4 is 5.69 Å². The molecule has 0 N–H and O–H groups in total. The first kappa shape index (κ1) is 10.0. The minimum Gasteiger partial charge on any atom is -0.372 e. The third kappa shape index (κ3) is 2.50. The molecule has 78 valence electrons. The van der Waals surface area contributed by atoms with E-state index in [4.69, 9.17) is 6.57 Å². The molecule has 1 aliphatic heterocycles. The summed E-state index contributed by atoms with van der Waals surface area (Å²) in [6.45, 7) is 9.67. The van der Waals surface area contributed by atoms with E-state index in [9.17, 15) is 0 Å². The summed E-state index contributed by atoms with van der Waals surface area (Å²) in [6.07, 6.45) is 3.99. The lowest BCUT2D eigenvalue weighted by Crippen LogP contribution is -2.29. The summed E-state index contributed by atoms with van der Waals surface area (Å²) >= 11 is 0. The van der Waals surface area contributed by atoms with E-state index in [0.29, 0.717) is 6.54 Å². The maximum atomic E-state index is 6.80. The Kier molecular flexibility index (Phi) is 3.24. The molecule has 0 aliphatic carbocycles. The van der Waals surface area contributed by atoms with Crippen LogP contribution < -0.4 is 4.90 Å². The molecule has 0 radical (unpaired) electrons. The van der Waals surface area contributed by atoms with Gasteiger partial charge in [-0.3, -0.25) is 0 Å². The maximum Gasteiger partial charge on any atom is 0.239 e. The lowest BCUT2D eigenvalue weighted by molar-refractivity contribution is 0.578. The molecule has 1 aromatic carbocycles. The van der Waals surface area contributed by atoms with Crippen LogP contribution in [0.3, 0.4) is 0 Å². The molecule has 0 bridgehead atoms. The van der Waals surface area contributed by atoms with Crippen molar-refractivity contribution in [3.05, 3.63) is 41.2 Å². The second kappa shape index (κ2) is 4.84. The zero-order valence-electron chi connectivity index (χ0n) is 8.95. The molecule has 1 fully saturated rings. The predicted molar refractivity (Wildman–Crippen MR) is 62.8 cm³/mol. The van der Waals surface area contributed by atoms with Gasteiger partial charge in [0.25, 0.3) is 0 Å². The highest BCUT2D eigenvalue weighted by Gasteiger charge is 2.10. The summed E-state index contributed by atoms with van der Waals surface area (Å²) < 4.78 is 0. The molecular weight excluding hydrogens is 184 g/mol. The van der Waals surface area contributed by atoms with Crippen LogP contribution in [0.4, 0.5) is 5.69 Å². The molecule has 15 heavy (non-hydrogen) atoms. The van der Waals surface area contributed by atoms with Crippen LogP contribution >= 0.6 is 0 Å². The molecule has 2 rings (SSSR count). The van der Waals surface area contributed by atoms with Gasteiger partial charge in [0.05, 0.1) is 0 Å². The molecule has 0 amide bonds. The van der Waals surface area contributed by atoms with Gasteiger partial charge in [-0.15, -0.1) is 0 Å². The molecule has 0 unspecified atom stereocenters. The summed E-state index contributed by atoms with van der Waals surface area (Å²) in [5, 5.41) is 0. The van der Waals surface area contributed by atoms with E-state index in [2.05, 4.69) is 34.0 Å². The van der Waals surface area contributed by atoms with Crippen molar-refractivity contribution < 1.29 is 0 Å². The van der Waals surface area contributed by atoms with E-state index in [1.807, 2.05) is 0 Å². The van der Waals surface area contributed by atoms with Crippen LogP contribution in [0.5, 0.6) is 0 Å². The second-order valence-electron chi connectivity index (χ2n) is 4.03. The third-order valence-electron chi connectivity index (χ3n) is 2.92. The van der Waals surface area contributed by atoms with Crippen molar-refractivity contribution in [2.45, 2.75) is 25.8 Å². The molecule has 0 atom stereocenters. The molecule has 1 heterocycles. The van der Waals surface area contributed by atoms with Gasteiger partial charge in [0.1, 0.15) is 0 Å². The van der Waals surface area contributed by atoms with Crippen molar-refractivity contribution in [3.8, 4) is 0 Å². The zero-order valence-corrected chi connectivity index (χ0v) is 8.95. The Labute approximate surface area is 91.3 Å². The minimum atomic E-state index is 0.500. The van der Waals surface area contributed by atoms with Crippen LogP contribution in [0.25, 0.3) is 4.85 Å². The van der Waals surface area contributed by atoms with E-state index in [1.54, 1.807) is 0 Å². The molecular formula is C13H16N2. The number of piperidine rings is 1. The summed E-state index contributed by atoms with van der Waals surface area (Å²) in [6, 6.07) is 8.43. The van der Waals surface area contributed by atoms with E-state index in [1.165, 1.54) is 38.0 Å². The summed E-state index contributed by atoms with van der Waals surface area (Å²) in [4.78, 5) is 5.82. The average Bonchev–Trinajstić information content (AvgIpc) is 2.32. The Morgan fingerprint density at radius 1 is 1.07 bits per heavy atom. The fraction of sp³-hybridized carbons (Fsp3) is 0.462. The molecule has 1 aliphatic rings. The van der Waals surface area contributed by atoms with Gasteiger partial charge < -0.3 is 9.74 Å². The van der Waals surface area contributed by atoms with Crippen LogP contribution in [-0.4, -0.2) is 13.1 Å². The Morgan fingerprint density at radius 3 is 2.33 bits per heavy atom. The molecule has 1 saturated heterocycles. The highest BCUT2D eigenvalue weighted by atomic mass is 15.1. The van der Waals surface area contributed by atoms with Crippen LogP contribution in [0.1, 0.15) is 24.8 Å². The van der Waals surface area contributed by atoms with Gasteiger partial charge in [0.2, 0.25) is 6.54 Å². The van der Waals surface area contributed by atoms with Crippen molar-refractivity contribution in [3.63, 3.8) is 0 Å². The number of benzene rings is 1. The number of rotatable bonds is 2.